The lowest BCUT2D eigenvalue weighted by molar-refractivity contribution is -0.00865. The first kappa shape index (κ1) is 18.9. The van der Waals surface area contributed by atoms with Crippen LogP contribution < -0.4 is 15.5 Å². The summed E-state index contributed by atoms with van der Waals surface area (Å²) in [6.45, 7) is 2.24. The van der Waals surface area contributed by atoms with Gasteiger partial charge in [-0.3, -0.25) is 9.73 Å². The molecule has 26 heavy (non-hydrogen) atoms. The minimum absolute atomic E-state index is 0.237. The number of benzene rings is 1. The maximum atomic E-state index is 11.9. The molecule has 2 atom stereocenters. The van der Waals surface area contributed by atoms with Crippen LogP contribution in [-0.2, 0) is 26.1 Å². The number of hydrazone groups is 1. The Labute approximate surface area is 154 Å². The van der Waals surface area contributed by atoms with E-state index in [2.05, 4.69) is 10.5 Å². The van der Waals surface area contributed by atoms with E-state index in [1.807, 2.05) is 19.1 Å². The molecule has 1 heterocycles. The second-order valence-electron chi connectivity index (χ2n) is 6.93. The van der Waals surface area contributed by atoms with Crippen LogP contribution in [0.15, 0.2) is 23.3 Å². The van der Waals surface area contributed by atoms with E-state index in [1.165, 1.54) is 24.0 Å². The van der Waals surface area contributed by atoms with Crippen LogP contribution >= 0.6 is 0 Å². The smallest absolute Gasteiger partial charge is 0.240 e. The summed E-state index contributed by atoms with van der Waals surface area (Å²) in [6.07, 6.45) is 4.40. The molecule has 0 amide bonds. The van der Waals surface area contributed by atoms with Crippen LogP contribution in [0.5, 0.6) is 0 Å². The van der Waals surface area contributed by atoms with Crippen molar-refractivity contribution in [2.45, 2.75) is 51.2 Å². The molecule has 0 bridgehead atoms. The Morgan fingerprint density at radius 1 is 1.42 bits per heavy atom. The molecule has 1 aromatic rings. The van der Waals surface area contributed by atoms with Crippen molar-refractivity contribution in [2.75, 3.05) is 17.6 Å². The average molecular weight is 382 g/mol. The molecule has 8 nitrogen and oxygen atoms in total. The van der Waals surface area contributed by atoms with Gasteiger partial charge in [0, 0.05) is 12.6 Å². The van der Waals surface area contributed by atoms with Gasteiger partial charge in [0.1, 0.15) is 0 Å². The standard InChI is InChI=1S/C17H26N4O4S/c1-11(18)16-19-20-17(25-16)13-7-12(10-24-15-5-4-6-15)8-14(9-13)21(2)26(3,22)23/h7-9,11,15-16,19H,4-6,10,18H2,1-3H3. The number of ether oxygens (including phenoxy) is 2. The fourth-order valence-corrected chi connectivity index (χ4v) is 3.15. The van der Waals surface area contributed by atoms with Crippen LogP contribution in [0.1, 0.15) is 37.3 Å². The molecule has 1 saturated carbocycles. The predicted molar refractivity (Wildman–Crippen MR) is 100 cm³/mol. The van der Waals surface area contributed by atoms with Crippen molar-refractivity contribution in [3.05, 3.63) is 29.3 Å². The van der Waals surface area contributed by atoms with Gasteiger partial charge in [-0.25, -0.2) is 8.42 Å². The van der Waals surface area contributed by atoms with Gasteiger partial charge >= 0.3 is 0 Å². The number of nitrogens with zero attached hydrogens (tertiary/aromatic N) is 2. The SMILES string of the molecule is CC(N)C1NN=C(c2cc(COC3CCC3)cc(N(C)S(C)(=O)=O)c2)O1. The van der Waals surface area contributed by atoms with Crippen LogP contribution in [0, 0.1) is 0 Å². The number of nitrogens with one attached hydrogen (secondary N) is 1. The van der Waals surface area contributed by atoms with E-state index in [4.69, 9.17) is 15.2 Å². The monoisotopic (exact) mass is 382 g/mol. The largest absolute Gasteiger partial charge is 0.449 e. The van der Waals surface area contributed by atoms with Gasteiger partial charge in [0.05, 0.1) is 30.7 Å². The van der Waals surface area contributed by atoms with Crippen molar-refractivity contribution in [2.24, 2.45) is 10.8 Å². The van der Waals surface area contributed by atoms with Gasteiger partial charge in [-0.2, -0.15) is 0 Å². The normalized spacial score (nSPS) is 21.4. The lowest BCUT2D eigenvalue weighted by Gasteiger charge is -2.26. The minimum atomic E-state index is -3.39. The highest BCUT2D eigenvalue weighted by Crippen LogP contribution is 2.26. The third kappa shape index (κ3) is 4.28. The Kier molecular flexibility index (Phi) is 5.40. The molecule has 3 N–H and O–H groups in total. The summed E-state index contributed by atoms with van der Waals surface area (Å²) in [5.41, 5.74) is 10.8. The minimum Gasteiger partial charge on any atom is -0.449 e. The maximum Gasteiger partial charge on any atom is 0.240 e. The third-order valence-electron chi connectivity index (χ3n) is 4.63. The molecule has 1 aromatic carbocycles. The highest BCUT2D eigenvalue weighted by atomic mass is 32.2. The molecule has 144 valence electrons. The quantitative estimate of drug-likeness (QED) is 0.732. The summed E-state index contributed by atoms with van der Waals surface area (Å²) >= 11 is 0. The first-order valence-electron chi connectivity index (χ1n) is 8.69. The van der Waals surface area contributed by atoms with Crippen LogP contribution in [0.4, 0.5) is 5.69 Å². The second kappa shape index (κ2) is 7.42. The van der Waals surface area contributed by atoms with Crippen molar-refractivity contribution in [3.8, 4) is 0 Å². The Morgan fingerprint density at radius 2 is 2.15 bits per heavy atom. The van der Waals surface area contributed by atoms with Gasteiger partial charge in [-0.05, 0) is 49.9 Å². The second-order valence-corrected chi connectivity index (χ2v) is 8.94. The summed E-state index contributed by atoms with van der Waals surface area (Å²) in [5, 5.41) is 4.19. The number of hydrogen-bond acceptors (Lipinski definition) is 7. The van der Waals surface area contributed by atoms with Crippen LogP contribution in [0.25, 0.3) is 0 Å². The van der Waals surface area contributed by atoms with Crippen molar-refractivity contribution < 1.29 is 17.9 Å². The molecule has 9 heteroatoms. The van der Waals surface area contributed by atoms with Gasteiger partial charge < -0.3 is 15.2 Å². The summed E-state index contributed by atoms with van der Waals surface area (Å²) in [4.78, 5) is 0. The van der Waals surface area contributed by atoms with E-state index >= 15 is 0 Å². The molecule has 1 aliphatic carbocycles. The highest BCUT2D eigenvalue weighted by molar-refractivity contribution is 7.92. The van der Waals surface area contributed by atoms with E-state index in [-0.39, 0.29) is 6.04 Å². The topological polar surface area (TPSA) is 106 Å². The Morgan fingerprint density at radius 3 is 2.69 bits per heavy atom. The Bertz CT molecular complexity index is 790. The van der Waals surface area contributed by atoms with Crippen molar-refractivity contribution in [3.63, 3.8) is 0 Å². The Balaban J connectivity index is 1.87. The maximum absolute atomic E-state index is 11.9. The molecule has 0 radical (unpaired) electrons. The molecule has 3 rings (SSSR count). The van der Waals surface area contributed by atoms with Gasteiger partial charge in [0.15, 0.2) is 0 Å². The van der Waals surface area contributed by atoms with Crippen molar-refractivity contribution in [1.29, 1.82) is 0 Å². The highest BCUT2D eigenvalue weighted by Gasteiger charge is 2.25. The molecule has 0 spiro atoms. The van der Waals surface area contributed by atoms with Crippen LogP contribution in [0.3, 0.4) is 0 Å². The average Bonchev–Trinajstić information content (AvgIpc) is 3.02. The predicted octanol–water partition coefficient (Wildman–Crippen LogP) is 1.11. The molecular weight excluding hydrogens is 356 g/mol. The third-order valence-corrected chi connectivity index (χ3v) is 5.84. The molecule has 2 aliphatic rings. The van der Waals surface area contributed by atoms with Crippen LogP contribution in [-0.4, -0.2) is 46.0 Å². The molecular formula is C17H26N4O4S. The van der Waals surface area contributed by atoms with Gasteiger partial charge in [-0.1, -0.05) is 0 Å². The summed E-state index contributed by atoms with van der Waals surface area (Å²) in [6, 6.07) is 5.22. The molecule has 1 fully saturated rings. The van der Waals surface area contributed by atoms with Gasteiger partial charge in [-0.15, -0.1) is 5.10 Å². The van der Waals surface area contributed by atoms with Crippen molar-refractivity contribution in [1.82, 2.24) is 5.43 Å². The summed E-state index contributed by atoms with van der Waals surface area (Å²) in [5.74, 6) is 0.390. The fraction of sp³-hybridized carbons (Fsp3) is 0.588. The number of nitrogens with two attached hydrogens (primary N) is 1. The van der Waals surface area contributed by atoms with Gasteiger partial charge in [0.2, 0.25) is 22.1 Å². The molecule has 1 aliphatic heterocycles. The zero-order valence-corrected chi connectivity index (χ0v) is 16.1. The zero-order valence-electron chi connectivity index (χ0n) is 15.3. The van der Waals surface area contributed by atoms with Gasteiger partial charge in [0.25, 0.3) is 0 Å². The number of rotatable bonds is 7. The van der Waals surface area contributed by atoms with E-state index in [0.717, 1.165) is 18.4 Å². The fourth-order valence-electron chi connectivity index (χ4n) is 2.66. The van der Waals surface area contributed by atoms with E-state index in [0.29, 0.717) is 29.9 Å². The molecule has 0 saturated heterocycles. The lowest BCUT2D eigenvalue weighted by atomic mass is 9.96. The van der Waals surface area contributed by atoms with Crippen molar-refractivity contribution >= 4 is 21.6 Å². The van der Waals surface area contributed by atoms with Crippen LogP contribution in [0.2, 0.25) is 0 Å². The zero-order chi connectivity index (χ0) is 18.9. The first-order chi connectivity index (χ1) is 12.2. The Hall–Kier alpha value is -1.84. The number of sulfonamides is 1. The van der Waals surface area contributed by atoms with E-state index < -0.39 is 16.3 Å². The molecule has 0 aromatic heterocycles. The van der Waals surface area contributed by atoms with E-state index in [1.54, 1.807) is 6.07 Å². The van der Waals surface area contributed by atoms with E-state index in [9.17, 15) is 8.42 Å². The molecule has 2 unspecified atom stereocenters. The summed E-state index contributed by atoms with van der Waals surface area (Å²) in [7, 11) is -1.87. The number of hydrogen-bond donors (Lipinski definition) is 2. The number of anilines is 1. The first-order valence-corrected chi connectivity index (χ1v) is 10.5. The summed E-state index contributed by atoms with van der Waals surface area (Å²) < 4.78 is 36.7. The lowest BCUT2D eigenvalue weighted by Crippen LogP contribution is -2.39.